The molecule has 7 heteroatoms. The molecule has 0 aliphatic rings. The van der Waals surface area contributed by atoms with Crippen LogP contribution in [0, 0.1) is 13.8 Å². The predicted octanol–water partition coefficient (Wildman–Crippen LogP) is 3.03. The van der Waals surface area contributed by atoms with Crippen LogP contribution < -0.4 is 10.1 Å². The van der Waals surface area contributed by atoms with Crippen LogP contribution in [0.2, 0.25) is 0 Å². The van der Waals surface area contributed by atoms with Gasteiger partial charge in [-0.3, -0.25) is 4.79 Å². The fourth-order valence-electron chi connectivity index (χ4n) is 2.35. The van der Waals surface area contributed by atoms with E-state index in [0.717, 1.165) is 11.1 Å². The Morgan fingerprint density at radius 1 is 1.19 bits per heavy atom. The molecule has 1 heterocycles. The number of rotatable bonds is 7. The molecule has 0 unspecified atom stereocenters. The lowest BCUT2D eigenvalue weighted by Gasteiger charge is -2.16. The average molecular weight is 359 g/mol. The Kier molecular flexibility index (Phi) is 6.38. The van der Waals surface area contributed by atoms with Gasteiger partial charge in [0, 0.05) is 12.1 Å². The number of nitrogens with zero attached hydrogens (tertiary/aromatic N) is 2. The summed E-state index contributed by atoms with van der Waals surface area (Å²) in [5, 5.41) is 6.85. The number of benzene rings is 1. The van der Waals surface area contributed by atoms with Crippen molar-refractivity contribution in [2.45, 2.75) is 46.8 Å². The minimum absolute atomic E-state index is 0.101. The number of carbonyl (C=O) groups excluding carboxylic acids is 2. The molecule has 140 valence electrons. The molecule has 0 saturated heterocycles. The summed E-state index contributed by atoms with van der Waals surface area (Å²) in [6.07, 6.45) is 0.657. The van der Waals surface area contributed by atoms with Crippen molar-refractivity contribution in [1.82, 2.24) is 9.78 Å². The normalized spacial score (nSPS) is 11.9. The fourth-order valence-corrected chi connectivity index (χ4v) is 2.35. The third-order valence-corrected chi connectivity index (χ3v) is 3.99. The van der Waals surface area contributed by atoms with Crippen molar-refractivity contribution in [1.29, 1.82) is 0 Å². The van der Waals surface area contributed by atoms with E-state index in [-0.39, 0.29) is 12.6 Å². The van der Waals surface area contributed by atoms with E-state index in [1.807, 2.05) is 39.8 Å². The van der Waals surface area contributed by atoms with Gasteiger partial charge < -0.3 is 14.8 Å². The Labute approximate surface area is 153 Å². The highest BCUT2D eigenvalue weighted by molar-refractivity contribution is 5.94. The molecule has 2 aromatic rings. The van der Waals surface area contributed by atoms with E-state index in [9.17, 15) is 9.59 Å². The molecule has 0 fully saturated rings. The van der Waals surface area contributed by atoms with Gasteiger partial charge in [-0.1, -0.05) is 12.1 Å². The van der Waals surface area contributed by atoms with Crippen LogP contribution in [-0.2, 0) is 14.3 Å². The summed E-state index contributed by atoms with van der Waals surface area (Å²) in [5.41, 5.74) is 2.04. The molecule has 0 radical (unpaired) electrons. The quantitative estimate of drug-likeness (QED) is 0.769. The maximum atomic E-state index is 12.2. The summed E-state index contributed by atoms with van der Waals surface area (Å²) in [6, 6.07) is 7.41. The highest BCUT2D eigenvalue weighted by Crippen LogP contribution is 2.20. The molecule has 1 atom stereocenters. The number of anilines is 1. The highest BCUT2D eigenvalue weighted by atomic mass is 16.6. The van der Waals surface area contributed by atoms with Crippen LogP contribution >= 0.6 is 0 Å². The second kappa shape index (κ2) is 8.51. The Hall–Kier alpha value is -2.83. The third-order valence-electron chi connectivity index (χ3n) is 3.99. The summed E-state index contributed by atoms with van der Waals surface area (Å²) in [6.45, 7) is 9.05. The van der Waals surface area contributed by atoms with Crippen LogP contribution in [0.1, 0.15) is 37.9 Å². The molecule has 0 aliphatic heterocycles. The first-order valence-corrected chi connectivity index (χ1v) is 8.52. The monoisotopic (exact) mass is 359 g/mol. The van der Waals surface area contributed by atoms with E-state index in [2.05, 4.69) is 10.4 Å². The topological polar surface area (TPSA) is 82.4 Å². The van der Waals surface area contributed by atoms with Crippen LogP contribution in [0.25, 0.3) is 0 Å². The highest BCUT2D eigenvalue weighted by Gasteiger charge is 2.20. The van der Waals surface area contributed by atoms with Gasteiger partial charge in [0.05, 0.1) is 6.20 Å². The molecule has 0 spiro atoms. The first kappa shape index (κ1) is 19.5. The minimum Gasteiger partial charge on any atom is -0.482 e. The van der Waals surface area contributed by atoms with Crippen molar-refractivity contribution in [3.63, 3.8) is 0 Å². The molecule has 26 heavy (non-hydrogen) atoms. The van der Waals surface area contributed by atoms with Crippen LogP contribution in [0.15, 0.2) is 30.5 Å². The van der Waals surface area contributed by atoms with E-state index < -0.39 is 18.0 Å². The Balaban J connectivity index is 1.87. The molecule has 0 saturated carbocycles. The molecule has 1 aromatic carbocycles. The average Bonchev–Trinajstić information content (AvgIpc) is 3.04. The lowest BCUT2D eigenvalue weighted by atomic mass is 10.1. The van der Waals surface area contributed by atoms with Gasteiger partial charge in [0.15, 0.2) is 12.7 Å². The smallest absolute Gasteiger partial charge is 0.344 e. The minimum atomic E-state index is -0.944. The summed E-state index contributed by atoms with van der Waals surface area (Å²) in [7, 11) is 0. The number of nitrogens with one attached hydrogen (secondary N) is 1. The van der Waals surface area contributed by atoms with Crippen molar-refractivity contribution in [3.8, 4) is 5.75 Å². The van der Waals surface area contributed by atoms with Crippen molar-refractivity contribution in [2.75, 3.05) is 11.9 Å². The molecule has 0 aliphatic carbocycles. The van der Waals surface area contributed by atoms with Crippen molar-refractivity contribution in [3.05, 3.63) is 41.6 Å². The van der Waals surface area contributed by atoms with E-state index in [0.29, 0.717) is 11.6 Å². The van der Waals surface area contributed by atoms with Gasteiger partial charge in [0.25, 0.3) is 5.91 Å². The number of ether oxygens (including phenoxy) is 2. The predicted molar refractivity (Wildman–Crippen MR) is 98.2 cm³/mol. The Morgan fingerprint density at radius 2 is 1.92 bits per heavy atom. The maximum absolute atomic E-state index is 12.2. The zero-order valence-corrected chi connectivity index (χ0v) is 15.8. The first-order valence-electron chi connectivity index (χ1n) is 8.52. The SMILES string of the molecule is Cc1cccc(OCC(=O)O[C@H](C)C(=O)Nc2ccnn2C(C)C)c1C. The van der Waals surface area contributed by atoms with Crippen LogP contribution in [-0.4, -0.2) is 34.4 Å². The number of aromatic nitrogens is 2. The van der Waals surface area contributed by atoms with Gasteiger partial charge >= 0.3 is 5.97 Å². The number of carbonyl (C=O) groups is 2. The van der Waals surface area contributed by atoms with Gasteiger partial charge in [-0.25, -0.2) is 9.48 Å². The maximum Gasteiger partial charge on any atom is 0.344 e. The third kappa shape index (κ3) is 4.84. The number of hydrogen-bond acceptors (Lipinski definition) is 5. The number of aryl methyl sites for hydroxylation is 1. The standard InChI is InChI=1S/C19H25N3O4/c1-12(2)22-17(9-10-20-22)21-19(24)15(5)26-18(23)11-25-16-8-6-7-13(3)14(16)4/h6-10,12,15H,11H2,1-5H3,(H,21,24)/t15-/m1/s1. The van der Waals surface area contributed by atoms with Crippen LogP contribution in [0.4, 0.5) is 5.82 Å². The van der Waals surface area contributed by atoms with Crippen molar-refractivity contribution in [2.24, 2.45) is 0 Å². The van der Waals surface area contributed by atoms with E-state index >= 15 is 0 Å². The van der Waals surface area contributed by atoms with Gasteiger partial charge in [0.2, 0.25) is 0 Å². The summed E-state index contributed by atoms with van der Waals surface area (Å²) in [5.74, 6) is 0.151. The zero-order chi connectivity index (χ0) is 19.3. The van der Waals surface area contributed by atoms with E-state index in [1.165, 1.54) is 6.92 Å². The molecular formula is C19H25N3O4. The molecular weight excluding hydrogens is 334 g/mol. The van der Waals surface area contributed by atoms with Crippen molar-refractivity contribution < 1.29 is 19.1 Å². The Bertz CT molecular complexity index is 783. The van der Waals surface area contributed by atoms with E-state index in [4.69, 9.17) is 9.47 Å². The van der Waals surface area contributed by atoms with Gasteiger partial charge in [-0.15, -0.1) is 0 Å². The van der Waals surface area contributed by atoms with Gasteiger partial charge in [-0.2, -0.15) is 5.10 Å². The van der Waals surface area contributed by atoms with E-state index in [1.54, 1.807) is 23.0 Å². The Morgan fingerprint density at radius 3 is 2.62 bits per heavy atom. The second-order valence-corrected chi connectivity index (χ2v) is 6.36. The van der Waals surface area contributed by atoms with Crippen LogP contribution in [0.5, 0.6) is 5.75 Å². The zero-order valence-electron chi connectivity index (χ0n) is 15.8. The van der Waals surface area contributed by atoms with Crippen LogP contribution in [0.3, 0.4) is 0 Å². The molecule has 1 aromatic heterocycles. The number of amides is 1. The molecule has 1 N–H and O–H groups in total. The second-order valence-electron chi connectivity index (χ2n) is 6.36. The summed E-state index contributed by atoms with van der Waals surface area (Å²) in [4.78, 5) is 24.2. The lowest BCUT2D eigenvalue weighted by Crippen LogP contribution is -2.32. The number of hydrogen-bond donors (Lipinski definition) is 1. The van der Waals surface area contributed by atoms with Crippen molar-refractivity contribution >= 4 is 17.7 Å². The summed E-state index contributed by atoms with van der Waals surface area (Å²) >= 11 is 0. The molecule has 7 nitrogen and oxygen atoms in total. The van der Waals surface area contributed by atoms with Gasteiger partial charge in [0.1, 0.15) is 11.6 Å². The first-order chi connectivity index (χ1) is 12.3. The molecule has 0 bridgehead atoms. The lowest BCUT2D eigenvalue weighted by molar-refractivity contribution is -0.155. The molecule has 1 amide bonds. The number of esters is 1. The summed E-state index contributed by atoms with van der Waals surface area (Å²) < 4.78 is 12.3. The largest absolute Gasteiger partial charge is 0.482 e. The fraction of sp³-hybridized carbons (Fsp3) is 0.421. The van der Waals surface area contributed by atoms with Gasteiger partial charge in [-0.05, 0) is 51.8 Å². The molecule has 2 rings (SSSR count).